The fourth-order valence-corrected chi connectivity index (χ4v) is 3.03. The molecule has 0 aromatic heterocycles. The molecule has 0 saturated carbocycles. The van der Waals surface area contributed by atoms with E-state index >= 15 is 0 Å². The number of rotatable bonds is 4. The Morgan fingerprint density at radius 3 is 2.38 bits per heavy atom. The average molecular weight is 310 g/mol. The van der Waals surface area contributed by atoms with Crippen LogP contribution in [0.1, 0.15) is 11.1 Å². The van der Waals surface area contributed by atoms with Crippen molar-refractivity contribution < 1.29 is 21.7 Å². The van der Waals surface area contributed by atoms with E-state index in [-0.39, 0.29) is 10.6 Å². The van der Waals surface area contributed by atoms with Crippen LogP contribution in [0.15, 0.2) is 41.3 Å². The normalized spacial score (nSPS) is 11.2. The summed E-state index contributed by atoms with van der Waals surface area (Å²) in [6, 6.07) is 8.37. The summed E-state index contributed by atoms with van der Waals surface area (Å²) in [4.78, 5) is -0.204. The van der Waals surface area contributed by atoms with Gasteiger partial charge in [-0.05, 0) is 49.2 Å². The number of aryl methyl sites for hydroxylation is 2. The predicted octanol–water partition coefficient (Wildman–Crippen LogP) is 3.22. The summed E-state index contributed by atoms with van der Waals surface area (Å²) in [6.45, 7) is 3.42. The molecule has 4 nitrogen and oxygen atoms in total. The zero-order valence-corrected chi connectivity index (χ0v) is 12.7. The third kappa shape index (κ3) is 3.33. The van der Waals surface area contributed by atoms with Crippen molar-refractivity contribution in [1.29, 1.82) is 0 Å². The quantitative estimate of drug-likeness (QED) is 0.814. The Morgan fingerprint density at radius 1 is 1.00 bits per heavy atom. The molecule has 0 atom stereocenters. The average Bonchev–Trinajstić information content (AvgIpc) is 2.43. The van der Waals surface area contributed by atoms with Crippen LogP contribution in [-0.4, -0.2) is 15.5 Å². The van der Waals surface area contributed by atoms with Gasteiger partial charge in [0.25, 0.3) is 0 Å². The van der Waals surface area contributed by atoms with Crippen molar-refractivity contribution in [2.24, 2.45) is 0 Å². The summed E-state index contributed by atoms with van der Waals surface area (Å²) in [5.74, 6) is -0.280. The van der Waals surface area contributed by atoms with E-state index in [4.69, 9.17) is 8.92 Å². The van der Waals surface area contributed by atoms with Gasteiger partial charge in [0, 0.05) is 0 Å². The molecular formula is C15H15FO4S. The van der Waals surface area contributed by atoms with Gasteiger partial charge < -0.3 is 8.92 Å². The summed E-state index contributed by atoms with van der Waals surface area (Å²) in [5.41, 5.74) is 1.31. The number of methoxy groups -OCH3 is 1. The van der Waals surface area contributed by atoms with E-state index in [1.807, 2.05) is 6.92 Å². The highest BCUT2D eigenvalue weighted by Crippen LogP contribution is 2.31. The van der Waals surface area contributed by atoms with E-state index in [9.17, 15) is 12.8 Å². The maximum atomic E-state index is 13.3. The molecule has 0 N–H and O–H groups in total. The molecule has 2 aromatic carbocycles. The second kappa shape index (κ2) is 5.73. The zero-order chi connectivity index (χ0) is 15.6. The summed E-state index contributed by atoms with van der Waals surface area (Å²) < 4.78 is 48.0. The molecule has 2 rings (SSSR count). The second-order valence-electron chi connectivity index (χ2n) is 4.60. The maximum Gasteiger partial charge on any atom is 0.339 e. The second-order valence-corrected chi connectivity index (χ2v) is 6.12. The van der Waals surface area contributed by atoms with E-state index in [1.165, 1.54) is 25.3 Å². The Labute approximate surface area is 123 Å². The summed E-state index contributed by atoms with van der Waals surface area (Å²) in [6.07, 6.45) is 0. The van der Waals surface area contributed by atoms with Crippen LogP contribution in [-0.2, 0) is 10.1 Å². The molecule has 112 valence electrons. The first-order chi connectivity index (χ1) is 9.83. The molecule has 0 aliphatic rings. The van der Waals surface area contributed by atoms with E-state index in [2.05, 4.69) is 0 Å². The minimum atomic E-state index is -4.13. The van der Waals surface area contributed by atoms with Crippen LogP contribution in [0.2, 0.25) is 0 Å². The lowest BCUT2D eigenvalue weighted by molar-refractivity contribution is 0.390. The molecular weight excluding hydrogens is 295 g/mol. The first kappa shape index (κ1) is 15.3. The van der Waals surface area contributed by atoms with Crippen molar-refractivity contribution in [2.45, 2.75) is 18.7 Å². The van der Waals surface area contributed by atoms with Crippen molar-refractivity contribution in [2.75, 3.05) is 7.11 Å². The minimum absolute atomic E-state index is 0.0618. The molecule has 0 bridgehead atoms. The Balaban J connectivity index is 2.45. The van der Waals surface area contributed by atoms with Gasteiger partial charge in [0.15, 0.2) is 11.5 Å². The van der Waals surface area contributed by atoms with Crippen LogP contribution in [0.3, 0.4) is 0 Å². The van der Waals surface area contributed by atoms with E-state index in [0.717, 1.165) is 11.6 Å². The molecule has 0 aliphatic carbocycles. The molecule has 0 saturated heterocycles. The van der Waals surface area contributed by atoms with Crippen LogP contribution < -0.4 is 8.92 Å². The molecule has 0 heterocycles. The number of hydrogen-bond acceptors (Lipinski definition) is 4. The summed E-state index contributed by atoms with van der Waals surface area (Å²) >= 11 is 0. The topological polar surface area (TPSA) is 52.6 Å². The Hall–Kier alpha value is -2.08. The van der Waals surface area contributed by atoms with E-state index in [0.29, 0.717) is 11.3 Å². The lowest BCUT2D eigenvalue weighted by atomic mass is 10.2. The monoisotopic (exact) mass is 310 g/mol. The molecule has 21 heavy (non-hydrogen) atoms. The van der Waals surface area contributed by atoms with Gasteiger partial charge in [0.1, 0.15) is 10.7 Å². The van der Waals surface area contributed by atoms with Crippen LogP contribution in [0.5, 0.6) is 11.5 Å². The van der Waals surface area contributed by atoms with Crippen molar-refractivity contribution in [3.8, 4) is 11.5 Å². The SMILES string of the molecule is COc1cc(C)ccc1OS(=O)(=O)c1cc(F)ccc1C. The van der Waals surface area contributed by atoms with Crippen molar-refractivity contribution in [1.82, 2.24) is 0 Å². The summed E-state index contributed by atoms with van der Waals surface area (Å²) in [5, 5.41) is 0. The molecule has 6 heteroatoms. The van der Waals surface area contributed by atoms with Gasteiger partial charge in [0.2, 0.25) is 0 Å². The van der Waals surface area contributed by atoms with Crippen LogP contribution >= 0.6 is 0 Å². The first-order valence-electron chi connectivity index (χ1n) is 6.19. The third-order valence-corrected chi connectivity index (χ3v) is 4.32. The Bertz CT molecular complexity index is 769. The molecule has 0 radical (unpaired) electrons. The fourth-order valence-electron chi connectivity index (χ4n) is 1.85. The molecule has 0 fully saturated rings. The highest BCUT2D eigenvalue weighted by atomic mass is 32.2. The number of hydrogen-bond donors (Lipinski definition) is 0. The van der Waals surface area contributed by atoms with Gasteiger partial charge in [-0.1, -0.05) is 12.1 Å². The van der Waals surface area contributed by atoms with Gasteiger partial charge in [-0.3, -0.25) is 0 Å². The highest BCUT2D eigenvalue weighted by Gasteiger charge is 2.22. The van der Waals surface area contributed by atoms with E-state index < -0.39 is 15.9 Å². The number of halogens is 1. The molecule has 0 spiro atoms. The molecule has 0 aliphatic heterocycles. The number of ether oxygens (including phenoxy) is 1. The van der Waals surface area contributed by atoms with Crippen molar-refractivity contribution in [3.05, 3.63) is 53.3 Å². The zero-order valence-electron chi connectivity index (χ0n) is 11.9. The lowest BCUT2D eigenvalue weighted by Gasteiger charge is -2.12. The van der Waals surface area contributed by atoms with Crippen LogP contribution in [0.4, 0.5) is 4.39 Å². The summed E-state index contributed by atoms with van der Waals surface area (Å²) in [7, 11) is -2.71. The maximum absolute atomic E-state index is 13.3. The van der Waals surface area contributed by atoms with Gasteiger partial charge in [0.05, 0.1) is 7.11 Å². The number of benzene rings is 2. The van der Waals surface area contributed by atoms with Crippen LogP contribution in [0, 0.1) is 19.7 Å². The Kier molecular flexibility index (Phi) is 4.18. The molecule has 0 amide bonds. The van der Waals surface area contributed by atoms with Gasteiger partial charge >= 0.3 is 10.1 Å². The highest BCUT2D eigenvalue weighted by molar-refractivity contribution is 7.87. The van der Waals surface area contributed by atoms with E-state index in [1.54, 1.807) is 19.1 Å². The Morgan fingerprint density at radius 2 is 1.71 bits per heavy atom. The lowest BCUT2D eigenvalue weighted by Crippen LogP contribution is -2.12. The van der Waals surface area contributed by atoms with Crippen molar-refractivity contribution in [3.63, 3.8) is 0 Å². The molecule has 2 aromatic rings. The minimum Gasteiger partial charge on any atom is -0.493 e. The molecule has 0 unspecified atom stereocenters. The third-order valence-electron chi connectivity index (χ3n) is 2.94. The van der Waals surface area contributed by atoms with Gasteiger partial charge in [-0.2, -0.15) is 8.42 Å². The smallest absolute Gasteiger partial charge is 0.339 e. The van der Waals surface area contributed by atoms with Crippen LogP contribution in [0.25, 0.3) is 0 Å². The van der Waals surface area contributed by atoms with Gasteiger partial charge in [-0.15, -0.1) is 0 Å². The van der Waals surface area contributed by atoms with Crippen molar-refractivity contribution >= 4 is 10.1 Å². The van der Waals surface area contributed by atoms with Gasteiger partial charge in [-0.25, -0.2) is 4.39 Å². The predicted molar refractivity (Wildman–Crippen MR) is 76.7 cm³/mol. The standard InChI is InChI=1S/C15H15FO4S/c1-10-4-7-13(14(8-10)19-3)20-21(17,18)15-9-12(16)6-5-11(15)2/h4-9H,1-3H3. The largest absolute Gasteiger partial charge is 0.493 e. The fraction of sp³-hybridized carbons (Fsp3) is 0.200. The first-order valence-corrected chi connectivity index (χ1v) is 7.59.